The van der Waals surface area contributed by atoms with Gasteiger partial charge in [0.25, 0.3) is 0 Å². The lowest BCUT2D eigenvalue weighted by molar-refractivity contribution is -0.303. The molecule has 1 amide bonds. The van der Waals surface area contributed by atoms with E-state index in [1.807, 2.05) is 0 Å². The predicted molar refractivity (Wildman–Crippen MR) is 275 cm³/mol. The van der Waals surface area contributed by atoms with E-state index in [0.29, 0.717) is 13.0 Å². The van der Waals surface area contributed by atoms with E-state index in [9.17, 15) is 30.3 Å². The summed E-state index contributed by atoms with van der Waals surface area (Å²) in [6.45, 7) is 4.75. The van der Waals surface area contributed by atoms with Gasteiger partial charge >= 0.3 is 6.09 Å². The summed E-state index contributed by atoms with van der Waals surface area (Å²) in [6, 6.07) is -0.587. The molecule has 11 nitrogen and oxygen atoms in total. The van der Waals surface area contributed by atoms with Gasteiger partial charge in [0.1, 0.15) is 31.0 Å². The van der Waals surface area contributed by atoms with Gasteiger partial charge in [-0.3, -0.25) is 0 Å². The summed E-state index contributed by atoms with van der Waals surface area (Å²) in [5.41, 5.74) is 0. The van der Waals surface area contributed by atoms with Crippen LogP contribution in [-0.4, -0.2) is 106 Å². The molecule has 0 aromatic carbocycles. The zero-order valence-corrected chi connectivity index (χ0v) is 43.7. The highest BCUT2D eigenvalue weighted by atomic mass is 16.7. The van der Waals surface area contributed by atoms with Crippen LogP contribution in [0.2, 0.25) is 0 Å². The summed E-state index contributed by atoms with van der Waals surface area (Å²) in [5, 5.41) is 60.9. The van der Waals surface area contributed by atoms with Crippen LogP contribution in [0.15, 0.2) is 0 Å². The molecule has 0 radical (unpaired) electrons. The van der Waals surface area contributed by atoms with Gasteiger partial charge in [-0.25, -0.2) is 4.79 Å². The summed E-state index contributed by atoms with van der Waals surface area (Å²) in [4.78, 5) is 12.4. The smallest absolute Gasteiger partial charge is 0.407 e. The molecule has 67 heavy (non-hydrogen) atoms. The molecule has 0 unspecified atom stereocenters. The van der Waals surface area contributed by atoms with Crippen molar-refractivity contribution in [2.45, 2.75) is 332 Å². The molecule has 398 valence electrons. The Morgan fingerprint density at radius 3 is 1.34 bits per heavy atom. The van der Waals surface area contributed by atoms with E-state index in [1.165, 1.54) is 193 Å². The van der Waals surface area contributed by atoms with E-state index in [4.69, 9.17) is 14.2 Å². The van der Waals surface area contributed by atoms with E-state index in [1.54, 1.807) is 0 Å². The third kappa shape index (κ3) is 32.5. The minimum atomic E-state index is -1.59. The average molecular weight is 956 g/mol. The molecular formula is C56H110N2O9. The van der Waals surface area contributed by atoms with Gasteiger partial charge in [-0.15, -0.1) is 0 Å². The molecule has 1 heterocycles. The van der Waals surface area contributed by atoms with E-state index >= 15 is 0 Å². The van der Waals surface area contributed by atoms with Crippen molar-refractivity contribution in [2.75, 3.05) is 19.8 Å². The molecule has 8 atom stereocenters. The highest BCUT2D eigenvalue weighted by molar-refractivity contribution is 5.67. The van der Waals surface area contributed by atoms with Crippen LogP contribution in [0.4, 0.5) is 4.79 Å². The van der Waals surface area contributed by atoms with Crippen LogP contribution in [-0.2, 0) is 14.2 Å². The first-order chi connectivity index (χ1) is 32.8. The van der Waals surface area contributed by atoms with Crippen molar-refractivity contribution in [3.05, 3.63) is 0 Å². The average Bonchev–Trinajstić information content (AvgIpc) is 3.85. The molecule has 1 saturated carbocycles. The van der Waals surface area contributed by atoms with Gasteiger partial charge in [-0.2, -0.15) is 0 Å². The first-order valence-corrected chi connectivity index (χ1v) is 29.1. The van der Waals surface area contributed by atoms with Gasteiger partial charge in [0.15, 0.2) is 6.29 Å². The Morgan fingerprint density at radius 1 is 0.537 bits per heavy atom. The number of alkyl carbamates (subject to hydrolysis) is 1. The maximum Gasteiger partial charge on any atom is 0.407 e. The molecule has 2 fully saturated rings. The standard InChI is InChI=1S/C56H110N2O9/c1-3-5-7-9-11-13-15-17-18-19-20-21-22-23-24-25-26-27-28-30-32-34-36-40-44-57-48(51(60)49(59)43-37-35-33-31-29-16-14-12-10-8-6-4-2)45-65-55-54(63)53(62)52(61)50(67-55)46-66-56(64)58-47-41-38-39-42-47/h47-55,57,59-63H,3-46H2,1-2H3,(H,58,64)/t48-,49+,50+,51-,52-,53-,54+,55-/m0/s1. The van der Waals surface area contributed by atoms with Crippen molar-refractivity contribution in [1.29, 1.82) is 0 Å². The van der Waals surface area contributed by atoms with Crippen molar-refractivity contribution in [3.63, 3.8) is 0 Å². The lowest BCUT2D eigenvalue weighted by Gasteiger charge is -2.40. The second-order valence-corrected chi connectivity index (χ2v) is 21.0. The number of rotatable bonds is 47. The lowest BCUT2D eigenvalue weighted by Crippen LogP contribution is -2.60. The number of nitrogens with one attached hydrogen (secondary N) is 2. The topological polar surface area (TPSA) is 170 Å². The van der Waals surface area contributed by atoms with Gasteiger partial charge in [-0.1, -0.05) is 251 Å². The second-order valence-electron chi connectivity index (χ2n) is 21.0. The van der Waals surface area contributed by atoms with Crippen molar-refractivity contribution < 1.29 is 44.5 Å². The van der Waals surface area contributed by atoms with E-state index < -0.39 is 55.0 Å². The van der Waals surface area contributed by atoms with Crippen LogP contribution in [0.3, 0.4) is 0 Å². The van der Waals surface area contributed by atoms with Crippen molar-refractivity contribution >= 4 is 6.09 Å². The lowest BCUT2D eigenvalue weighted by atomic mass is 9.98. The zero-order valence-electron chi connectivity index (χ0n) is 43.7. The summed E-state index contributed by atoms with van der Waals surface area (Å²) in [7, 11) is 0. The Kier molecular flexibility index (Phi) is 40.5. The molecule has 0 bridgehead atoms. The van der Waals surface area contributed by atoms with Gasteiger partial charge in [0, 0.05) is 6.04 Å². The molecule has 7 N–H and O–H groups in total. The molecule has 2 rings (SSSR count). The highest BCUT2D eigenvalue weighted by Crippen LogP contribution is 2.25. The third-order valence-corrected chi connectivity index (χ3v) is 14.8. The minimum absolute atomic E-state index is 0.0623. The molecule has 0 aromatic rings. The first-order valence-electron chi connectivity index (χ1n) is 29.1. The number of hydrogen-bond donors (Lipinski definition) is 7. The van der Waals surface area contributed by atoms with Crippen molar-refractivity contribution in [3.8, 4) is 0 Å². The monoisotopic (exact) mass is 955 g/mol. The molecule has 1 saturated heterocycles. The Labute approximate surface area is 411 Å². The number of amides is 1. The fourth-order valence-corrected chi connectivity index (χ4v) is 10.1. The fourth-order valence-electron chi connectivity index (χ4n) is 10.1. The van der Waals surface area contributed by atoms with E-state index in [-0.39, 0.29) is 19.3 Å². The van der Waals surface area contributed by atoms with Gasteiger partial charge in [0.2, 0.25) is 0 Å². The van der Waals surface area contributed by atoms with Crippen LogP contribution in [0.5, 0.6) is 0 Å². The zero-order chi connectivity index (χ0) is 48.4. The Morgan fingerprint density at radius 2 is 0.925 bits per heavy atom. The normalized spacial score (nSPS) is 21.4. The number of hydrogen-bond acceptors (Lipinski definition) is 10. The molecule has 0 spiro atoms. The maximum absolute atomic E-state index is 12.4. The summed E-state index contributed by atoms with van der Waals surface area (Å²) < 4.78 is 17.2. The van der Waals surface area contributed by atoms with Gasteiger partial charge in [0.05, 0.1) is 24.9 Å². The number of carbonyl (C=O) groups is 1. The third-order valence-electron chi connectivity index (χ3n) is 14.8. The number of carbonyl (C=O) groups excluding carboxylic acids is 1. The highest BCUT2D eigenvalue weighted by Gasteiger charge is 2.45. The number of aliphatic hydroxyl groups excluding tert-OH is 5. The van der Waals surface area contributed by atoms with Crippen molar-refractivity contribution in [1.82, 2.24) is 10.6 Å². The first kappa shape index (κ1) is 62.1. The fraction of sp³-hybridized carbons (Fsp3) is 0.982. The van der Waals surface area contributed by atoms with Crippen LogP contribution >= 0.6 is 0 Å². The Bertz CT molecular complexity index is 1080. The molecular weight excluding hydrogens is 845 g/mol. The molecule has 2 aliphatic rings. The molecule has 0 aromatic heterocycles. The van der Waals surface area contributed by atoms with Crippen LogP contribution < -0.4 is 10.6 Å². The van der Waals surface area contributed by atoms with Crippen molar-refractivity contribution in [2.24, 2.45) is 0 Å². The number of ether oxygens (including phenoxy) is 3. The Balaban J connectivity index is 1.65. The van der Waals surface area contributed by atoms with Gasteiger partial charge in [-0.05, 0) is 32.2 Å². The van der Waals surface area contributed by atoms with Crippen LogP contribution in [0, 0.1) is 0 Å². The minimum Gasteiger partial charge on any atom is -0.447 e. The molecule has 11 heteroatoms. The second kappa shape index (κ2) is 43.7. The summed E-state index contributed by atoms with van der Waals surface area (Å²) in [5.74, 6) is 0. The Hall–Kier alpha value is -1.05. The summed E-state index contributed by atoms with van der Waals surface area (Å²) >= 11 is 0. The van der Waals surface area contributed by atoms with E-state index in [0.717, 1.165) is 64.2 Å². The maximum atomic E-state index is 12.4. The van der Waals surface area contributed by atoms with Gasteiger partial charge < -0.3 is 50.4 Å². The van der Waals surface area contributed by atoms with E-state index in [2.05, 4.69) is 24.5 Å². The quantitative estimate of drug-likeness (QED) is 0.0291. The largest absolute Gasteiger partial charge is 0.447 e. The summed E-state index contributed by atoms with van der Waals surface area (Å²) in [6.07, 6.45) is 41.6. The number of unbranched alkanes of at least 4 members (excludes halogenated alkanes) is 34. The molecule has 1 aliphatic heterocycles. The van der Waals surface area contributed by atoms with Crippen LogP contribution in [0.25, 0.3) is 0 Å². The molecule has 1 aliphatic carbocycles. The number of aliphatic hydroxyl groups is 5. The van der Waals surface area contributed by atoms with Crippen LogP contribution in [0.1, 0.15) is 277 Å². The SMILES string of the molecule is CCCCCCCCCCCCCCCCCCCCCCCCCCN[C@@H](CO[C@H]1O[C@H](COC(=O)NC2CCCC2)[C@H](O)[C@H](O)[C@H]1O)[C@H](O)[C@H](O)CCCCCCCCCCCCCC. The predicted octanol–water partition coefficient (Wildman–Crippen LogP) is 12.6.